The summed E-state index contributed by atoms with van der Waals surface area (Å²) < 4.78 is 0. The summed E-state index contributed by atoms with van der Waals surface area (Å²) in [4.78, 5) is 0. The van der Waals surface area contributed by atoms with E-state index < -0.39 is 0 Å². The highest BCUT2D eigenvalue weighted by atomic mass is 14.9. The van der Waals surface area contributed by atoms with Crippen LogP contribution in [0, 0.1) is 13.8 Å². The Morgan fingerprint density at radius 1 is 1.05 bits per heavy atom. The Hall–Kier alpha value is -0.820. The molecule has 0 aromatic heterocycles. The maximum Gasteiger partial charge on any atom is 0.00669 e. The molecular formula is C20H35N. The van der Waals surface area contributed by atoms with E-state index >= 15 is 0 Å². The van der Waals surface area contributed by atoms with Crippen LogP contribution in [0.3, 0.4) is 0 Å². The lowest BCUT2D eigenvalue weighted by molar-refractivity contribution is 0.380. The van der Waals surface area contributed by atoms with Gasteiger partial charge in [0, 0.05) is 6.04 Å². The molecule has 1 aliphatic rings. The predicted octanol–water partition coefficient (Wildman–Crippen LogP) is 5.57. The topological polar surface area (TPSA) is 12.0 Å². The first-order valence-corrected chi connectivity index (χ1v) is 8.96. The van der Waals surface area contributed by atoms with Gasteiger partial charge >= 0.3 is 0 Å². The summed E-state index contributed by atoms with van der Waals surface area (Å²) >= 11 is 0. The van der Waals surface area contributed by atoms with Crippen molar-refractivity contribution in [3.05, 3.63) is 34.9 Å². The smallest absolute Gasteiger partial charge is 0.00669 e. The van der Waals surface area contributed by atoms with E-state index in [0.717, 1.165) is 12.6 Å². The summed E-state index contributed by atoms with van der Waals surface area (Å²) in [5.41, 5.74) is 4.35. The first-order chi connectivity index (χ1) is 10.2. The third-order valence-electron chi connectivity index (χ3n) is 4.40. The van der Waals surface area contributed by atoms with Gasteiger partial charge in [-0.3, -0.25) is 0 Å². The van der Waals surface area contributed by atoms with Crippen LogP contribution in [-0.4, -0.2) is 12.6 Å². The van der Waals surface area contributed by atoms with Crippen molar-refractivity contribution in [1.82, 2.24) is 5.32 Å². The number of hydrogen-bond donors (Lipinski definition) is 1. The molecule has 0 spiro atoms. The van der Waals surface area contributed by atoms with E-state index in [0.29, 0.717) is 0 Å². The van der Waals surface area contributed by atoms with E-state index in [1.807, 2.05) is 0 Å². The second-order valence-corrected chi connectivity index (χ2v) is 6.43. The molecule has 0 aliphatic heterocycles. The van der Waals surface area contributed by atoms with Crippen molar-refractivity contribution in [2.45, 2.75) is 85.1 Å². The molecule has 1 nitrogen and oxygen atoms in total. The first-order valence-electron chi connectivity index (χ1n) is 8.96. The minimum atomic E-state index is 0.851. The normalized spacial score (nSPS) is 15.4. The van der Waals surface area contributed by atoms with Crippen LogP contribution in [0.4, 0.5) is 0 Å². The summed E-state index contributed by atoms with van der Waals surface area (Å²) in [6, 6.07) is 7.57. The molecule has 0 bridgehead atoms. The Bertz CT molecular complexity index is 375. The van der Waals surface area contributed by atoms with Gasteiger partial charge in [-0.2, -0.15) is 0 Å². The van der Waals surface area contributed by atoms with E-state index in [-0.39, 0.29) is 0 Å². The second-order valence-electron chi connectivity index (χ2n) is 6.43. The fourth-order valence-electron chi connectivity index (χ4n) is 3.03. The largest absolute Gasteiger partial charge is 0.314 e. The van der Waals surface area contributed by atoms with Crippen molar-refractivity contribution in [3.63, 3.8) is 0 Å². The van der Waals surface area contributed by atoms with Crippen molar-refractivity contribution in [2.75, 3.05) is 6.54 Å². The Morgan fingerprint density at radius 3 is 2.38 bits per heavy atom. The molecule has 120 valence electrons. The van der Waals surface area contributed by atoms with Gasteiger partial charge in [0.25, 0.3) is 0 Å². The fraction of sp³-hybridized carbons (Fsp3) is 0.700. The molecule has 0 amide bonds. The lowest BCUT2D eigenvalue weighted by Gasteiger charge is -2.21. The number of aryl methyl sites for hydroxylation is 3. The Kier molecular flexibility index (Phi) is 9.41. The van der Waals surface area contributed by atoms with Crippen molar-refractivity contribution in [1.29, 1.82) is 0 Å². The van der Waals surface area contributed by atoms with Gasteiger partial charge in [-0.25, -0.2) is 0 Å². The summed E-state index contributed by atoms with van der Waals surface area (Å²) in [5.74, 6) is 0. The monoisotopic (exact) mass is 289 g/mol. The van der Waals surface area contributed by atoms with Gasteiger partial charge in [0.2, 0.25) is 0 Å². The maximum absolute atomic E-state index is 3.48. The highest BCUT2D eigenvalue weighted by molar-refractivity contribution is 5.30. The van der Waals surface area contributed by atoms with E-state index in [1.165, 1.54) is 68.1 Å². The zero-order valence-electron chi connectivity index (χ0n) is 14.7. The van der Waals surface area contributed by atoms with E-state index in [1.54, 1.807) is 0 Å². The molecule has 0 saturated heterocycles. The van der Waals surface area contributed by atoms with Crippen molar-refractivity contribution in [3.8, 4) is 0 Å². The van der Waals surface area contributed by atoms with Gasteiger partial charge in [-0.05, 0) is 57.2 Å². The van der Waals surface area contributed by atoms with Crippen LogP contribution in [0.2, 0.25) is 0 Å². The average molecular weight is 290 g/mol. The molecule has 0 radical (unpaired) electrons. The van der Waals surface area contributed by atoms with Crippen LogP contribution >= 0.6 is 0 Å². The predicted molar refractivity (Wildman–Crippen MR) is 95.1 cm³/mol. The molecule has 1 aromatic rings. The maximum atomic E-state index is 3.48. The average Bonchev–Trinajstić information content (AvgIpc) is 2.50. The first kappa shape index (κ1) is 18.2. The Balaban J connectivity index is 0.000000219. The molecule has 1 fully saturated rings. The zero-order valence-corrected chi connectivity index (χ0v) is 14.7. The van der Waals surface area contributed by atoms with Crippen molar-refractivity contribution < 1.29 is 0 Å². The molecule has 1 aliphatic carbocycles. The van der Waals surface area contributed by atoms with Crippen LogP contribution in [0.25, 0.3) is 0 Å². The molecule has 0 unspecified atom stereocenters. The van der Waals surface area contributed by atoms with Gasteiger partial charge in [0.15, 0.2) is 0 Å². The molecule has 1 aromatic carbocycles. The molecule has 1 saturated carbocycles. The van der Waals surface area contributed by atoms with Gasteiger partial charge in [0.1, 0.15) is 0 Å². The third-order valence-corrected chi connectivity index (χ3v) is 4.40. The molecule has 2 rings (SSSR count). The number of rotatable bonds is 5. The number of unbranched alkanes of at least 4 members (excludes halogenated alkanes) is 1. The molecule has 21 heavy (non-hydrogen) atoms. The van der Waals surface area contributed by atoms with Gasteiger partial charge in [-0.1, -0.05) is 63.3 Å². The lowest BCUT2D eigenvalue weighted by atomic mass is 9.96. The molecule has 1 N–H and O–H groups in total. The minimum Gasteiger partial charge on any atom is -0.314 e. The zero-order chi connectivity index (χ0) is 15.5. The quantitative estimate of drug-likeness (QED) is 0.746. The molecule has 0 atom stereocenters. The third kappa shape index (κ3) is 7.66. The number of nitrogens with one attached hydrogen (secondary N) is 1. The Morgan fingerprint density at radius 2 is 1.76 bits per heavy atom. The number of hydrogen-bond acceptors (Lipinski definition) is 1. The molecular weight excluding hydrogens is 254 g/mol. The highest BCUT2D eigenvalue weighted by Gasteiger charge is 2.10. The summed E-state index contributed by atoms with van der Waals surface area (Å²) in [6.45, 7) is 9.93. The van der Waals surface area contributed by atoms with E-state index in [9.17, 15) is 0 Å². The van der Waals surface area contributed by atoms with Crippen LogP contribution in [-0.2, 0) is 6.42 Å². The van der Waals surface area contributed by atoms with Crippen LogP contribution < -0.4 is 5.32 Å². The molecule has 0 heterocycles. The SMILES string of the molecule is CCCCc1cc(C)ccc1C.CCNC1CCCCC1. The minimum absolute atomic E-state index is 0.851. The summed E-state index contributed by atoms with van der Waals surface area (Å²) in [6.07, 6.45) is 11.0. The van der Waals surface area contributed by atoms with Crippen molar-refractivity contribution in [2.24, 2.45) is 0 Å². The van der Waals surface area contributed by atoms with Crippen LogP contribution in [0.15, 0.2) is 18.2 Å². The van der Waals surface area contributed by atoms with Gasteiger partial charge in [-0.15, -0.1) is 0 Å². The molecule has 1 heteroatoms. The van der Waals surface area contributed by atoms with E-state index in [2.05, 4.69) is 51.2 Å². The summed E-state index contributed by atoms with van der Waals surface area (Å²) in [7, 11) is 0. The summed E-state index contributed by atoms with van der Waals surface area (Å²) in [5, 5.41) is 3.48. The number of benzene rings is 1. The van der Waals surface area contributed by atoms with Gasteiger partial charge < -0.3 is 5.32 Å². The van der Waals surface area contributed by atoms with Crippen LogP contribution in [0.1, 0.15) is 75.5 Å². The lowest BCUT2D eigenvalue weighted by Crippen LogP contribution is -2.30. The van der Waals surface area contributed by atoms with E-state index in [4.69, 9.17) is 0 Å². The highest BCUT2D eigenvalue weighted by Crippen LogP contribution is 2.16. The fourth-order valence-corrected chi connectivity index (χ4v) is 3.03. The van der Waals surface area contributed by atoms with Crippen molar-refractivity contribution >= 4 is 0 Å². The van der Waals surface area contributed by atoms with Crippen LogP contribution in [0.5, 0.6) is 0 Å². The second kappa shape index (κ2) is 10.8. The Labute approximate surface area is 132 Å². The standard InChI is InChI=1S/C12H18.C8H17N/c1-4-5-6-12-9-10(2)7-8-11(12)3;1-2-9-8-6-4-3-5-7-8/h7-9H,4-6H2,1-3H3;8-9H,2-7H2,1H3. The van der Waals surface area contributed by atoms with Gasteiger partial charge in [0.05, 0.1) is 0 Å².